The Bertz CT molecular complexity index is 851. The van der Waals surface area contributed by atoms with Crippen LogP contribution in [0.4, 0.5) is 15.2 Å². The molecule has 2 aromatic rings. The molecule has 0 bridgehead atoms. The number of halogens is 1. The van der Waals surface area contributed by atoms with Gasteiger partial charge in [-0.25, -0.2) is 9.37 Å². The van der Waals surface area contributed by atoms with E-state index in [1.807, 2.05) is 0 Å². The van der Waals surface area contributed by atoms with Gasteiger partial charge in [-0.3, -0.25) is 9.59 Å². The molecule has 148 valence electrons. The number of likely N-dealkylation sites (tertiary alicyclic amines) is 1. The predicted molar refractivity (Wildman–Crippen MR) is 103 cm³/mol. The predicted octanol–water partition coefficient (Wildman–Crippen LogP) is 2.49. The van der Waals surface area contributed by atoms with Gasteiger partial charge in [-0.15, -0.1) is 11.3 Å². The maximum atomic E-state index is 13.0. The van der Waals surface area contributed by atoms with E-state index in [0.717, 1.165) is 6.42 Å². The normalized spacial score (nSPS) is 19.7. The van der Waals surface area contributed by atoms with Crippen LogP contribution in [0.15, 0.2) is 29.6 Å². The number of ether oxygens (including phenoxy) is 1. The summed E-state index contributed by atoms with van der Waals surface area (Å²) in [5.74, 6) is -0.549. The molecule has 0 saturated carbocycles. The number of anilines is 2. The van der Waals surface area contributed by atoms with Crippen LogP contribution in [0, 0.1) is 5.82 Å². The third-order valence-corrected chi connectivity index (χ3v) is 5.70. The van der Waals surface area contributed by atoms with E-state index in [9.17, 15) is 14.0 Å². The Morgan fingerprint density at radius 1 is 1.18 bits per heavy atom. The van der Waals surface area contributed by atoms with Crippen LogP contribution in [-0.2, 0) is 9.53 Å². The number of benzene rings is 1. The molecule has 2 amide bonds. The van der Waals surface area contributed by atoms with Gasteiger partial charge < -0.3 is 19.9 Å². The lowest BCUT2D eigenvalue weighted by molar-refractivity contribution is -0.139. The van der Waals surface area contributed by atoms with Crippen molar-refractivity contribution in [1.82, 2.24) is 14.8 Å². The number of hydrogen-bond acceptors (Lipinski definition) is 6. The van der Waals surface area contributed by atoms with Gasteiger partial charge in [0.2, 0.25) is 5.91 Å². The number of carbonyl (C=O) groups is 2. The van der Waals surface area contributed by atoms with Gasteiger partial charge in [0.1, 0.15) is 17.6 Å². The lowest BCUT2D eigenvalue weighted by Crippen LogP contribution is -2.51. The zero-order valence-corrected chi connectivity index (χ0v) is 16.1. The average molecular weight is 404 g/mol. The summed E-state index contributed by atoms with van der Waals surface area (Å²) in [6.45, 7) is 2.77. The molecule has 1 atom stereocenters. The molecule has 0 unspecified atom stereocenters. The van der Waals surface area contributed by atoms with E-state index in [4.69, 9.17) is 4.74 Å². The summed E-state index contributed by atoms with van der Waals surface area (Å²) >= 11 is 1.30. The fraction of sp³-hybridized carbons (Fsp3) is 0.421. The van der Waals surface area contributed by atoms with E-state index >= 15 is 0 Å². The van der Waals surface area contributed by atoms with Crippen LogP contribution in [0.5, 0.6) is 0 Å². The first-order valence-electron chi connectivity index (χ1n) is 9.27. The summed E-state index contributed by atoms with van der Waals surface area (Å²) in [6, 6.07) is 5.49. The smallest absolute Gasteiger partial charge is 0.274 e. The zero-order valence-electron chi connectivity index (χ0n) is 15.3. The monoisotopic (exact) mass is 404 g/mol. The molecule has 28 heavy (non-hydrogen) atoms. The van der Waals surface area contributed by atoms with Crippen LogP contribution in [-0.4, -0.2) is 65.5 Å². The molecule has 2 fully saturated rings. The van der Waals surface area contributed by atoms with Crippen molar-refractivity contribution in [2.45, 2.75) is 18.9 Å². The van der Waals surface area contributed by atoms with E-state index in [-0.39, 0.29) is 17.6 Å². The van der Waals surface area contributed by atoms with Crippen molar-refractivity contribution in [3.63, 3.8) is 0 Å². The Hall–Kier alpha value is -2.52. The van der Waals surface area contributed by atoms with E-state index in [2.05, 4.69) is 10.3 Å². The van der Waals surface area contributed by atoms with E-state index in [1.54, 1.807) is 27.3 Å². The summed E-state index contributed by atoms with van der Waals surface area (Å²) in [6.07, 6.45) is 1.48. The highest BCUT2D eigenvalue weighted by Gasteiger charge is 2.37. The second-order valence-corrected chi connectivity index (χ2v) is 7.62. The minimum absolute atomic E-state index is 0.00552. The van der Waals surface area contributed by atoms with Gasteiger partial charge in [-0.1, -0.05) is 0 Å². The molecule has 1 aromatic heterocycles. The molecule has 7 nitrogen and oxygen atoms in total. The molecule has 0 radical (unpaired) electrons. The third-order valence-electron chi connectivity index (χ3n) is 4.94. The molecule has 0 aliphatic carbocycles. The van der Waals surface area contributed by atoms with Crippen LogP contribution in [0.25, 0.3) is 0 Å². The van der Waals surface area contributed by atoms with Gasteiger partial charge in [-0.2, -0.15) is 0 Å². The van der Waals surface area contributed by atoms with Crippen LogP contribution >= 0.6 is 11.3 Å². The summed E-state index contributed by atoms with van der Waals surface area (Å²) in [5.41, 5.74) is 1.01. The number of rotatable bonds is 4. The fourth-order valence-corrected chi connectivity index (χ4v) is 4.20. The van der Waals surface area contributed by atoms with E-state index < -0.39 is 6.04 Å². The highest BCUT2D eigenvalue weighted by atomic mass is 32.1. The number of nitrogens with zero attached hydrogens (tertiary/aromatic N) is 3. The standard InChI is InChI=1S/C19H21FN4O3S/c20-13-3-5-14(6-4-13)21-19-22-15(12-28-19)17(25)24-7-1-2-16(24)18(26)23-8-10-27-11-9-23/h3-6,12,16H,1-2,7-11H2,(H,21,22)/t16-/m1/s1. The van der Waals surface area contributed by atoms with Crippen molar-refractivity contribution in [1.29, 1.82) is 0 Å². The van der Waals surface area contributed by atoms with Crippen molar-refractivity contribution < 1.29 is 18.7 Å². The Kier molecular flexibility index (Phi) is 5.54. The van der Waals surface area contributed by atoms with Gasteiger partial charge >= 0.3 is 0 Å². The Morgan fingerprint density at radius 2 is 1.93 bits per heavy atom. The molecular weight excluding hydrogens is 383 g/mol. The summed E-state index contributed by atoms with van der Waals surface area (Å²) < 4.78 is 18.3. The van der Waals surface area contributed by atoms with Crippen molar-refractivity contribution in [3.8, 4) is 0 Å². The summed E-state index contributed by atoms with van der Waals surface area (Å²) in [4.78, 5) is 33.6. The van der Waals surface area contributed by atoms with Crippen LogP contribution in [0.2, 0.25) is 0 Å². The van der Waals surface area contributed by atoms with Crippen LogP contribution < -0.4 is 5.32 Å². The van der Waals surface area contributed by atoms with Crippen molar-refractivity contribution in [2.75, 3.05) is 38.2 Å². The number of morpholine rings is 1. The minimum atomic E-state index is -0.430. The van der Waals surface area contributed by atoms with Crippen LogP contribution in [0.1, 0.15) is 23.3 Å². The molecule has 2 aliphatic heterocycles. The average Bonchev–Trinajstić information content (AvgIpc) is 3.39. The lowest BCUT2D eigenvalue weighted by Gasteiger charge is -2.32. The van der Waals surface area contributed by atoms with E-state index in [0.29, 0.717) is 55.8 Å². The fourth-order valence-electron chi connectivity index (χ4n) is 3.49. The quantitative estimate of drug-likeness (QED) is 0.848. The van der Waals surface area contributed by atoms with Crippen LogP contribution in [0.3, 0.4) is 0 Å². The van der Waals surface area contributed by atoms with Crippen molar-refractivity contribution in [2.24, 2.45) is 0 Å². The van der Waals surface area contributed by atoms with Crippen molar-refractivity contribution >= 4 is 34.0 Å². The summed E-state index contributed by atoms with van der Waals surface area (Å²) in [5, 5.41) is 5.29. The minimum Gasteiger partial charge on any atom is -0.378 e. The second-order valence-electron chi connectivity index (χ2n) is 6.76. The molecule has 4 rings (SSSR count). The second kappa shape index (κ2) is 8.24. The molecule has 1 aromatic carbocycles. The number of hydrogen-bond donors (Lipinski definition) is 1. The molecule has 1 N–H and O–H groups in total. The van der Waals surface area contributed by atoms with Gasteiger partial charge in [0.15, 0.2) is 5.13 Å². The van der Waals surface area contributed by atoms with Gasteiger partial charge in [0.05, 0.1) is 13.2 Å². The lowest BCUT2D eigenvalue weighted by atomic mass is 10.1. The van der Waals surface area contributed by atoms with Crippen molar-refractivity contribution in [3.05, 3.63) is 41.2 Å². The number of thiazole rings is 1. The molecule has 3 heterocycles. The third kappa shape index (κ3) is 4.00. The molecule has 0 spiro atoms. The number of nitrogens with one attached hydrogen (secondary N) is 1. The number of carbonyl (C=O) groups excluding carboxylic acids is 2. The Morgan fingerprint density at radius 3 is 2.68 bits per heavy atom. The largest absolute Gasteiger partial charge is 0.378 e. The highest BCUT2D eigenvalue weighted by Crippen LogP contribution is 2.26. The Labute approximate surface area is 166 Å². The summed E-state index contributed by atoms with van der Waals surface area (Å²) in [7, 11) is 0. The van der Waals surface area contributed by atoms with Gasteiger partial charge in [0, 0.05) is 30.7 Å². The first kappa shape index (κ1) is 18.8. The zero-order chi connectivity index (χ0) is 19.5. The molecule has 2 saturated heterocycles. The maximum Gasteiger partial charge on any atom is 0.274 e. The molecular formula is C19H21FN4O3S. The molecule has 2 aliphatic rings. The number of amides is 2. The SMILES string of the molecule is O=C([C@H]1CCCN1C(=O)c1csc(Nc2ccc(F)cc2)n1)N1CCOCC1. The van der Waals surface area contributed by atoms with Gasteiger partial charge in [-0.05, 0) is 37.1 Å². The molecule has 9 heteroatoms. The topological polar surface area (TPSA) is 74.8 Å². The van der Waals surface area contributed by atoms with Gasteiger partial charge in [0.25, 0.3) is 5.91 Å². The number of aromatic nitrogens is 1. The first-order chi connectivity index (χ1) is 13.6. The Balaban J connectivity index is 1.44. The highest BCUT2D eigenvalue weighted by molar-refractivity contribution is 7.14. The first-order valence-corrected chi connectivity index (χ1v) is 10.2. The van der Waals surface area contributed by atoms with E-state index in [1.165, 1.54) is 23.5 Å². The maximum absolute atomic E-state index is 13.0.